The minimum absolute atomic E-state index is 0.176. The van der Waals surface area contributed by atoms with Crippen LogP contribution in [0.25, 0.3) is 0 Å². The van der Waals surface area contributed by atoms with E-state index in [0.717, 1.165) is 25.7 Å². The number of hydrogen-bond acceptors (Lipinski definition) is 2. The topological polar surface area (TPSA) is 26.3 Å². The van der Waals surface area contributed by atoms with Crippen molar-refractivity contribution in [3.8, 4) is 0 Å². The summed E-state index contributed by atoms with van der Waals surface area (Å²) in [5.41, 5.74) is 2.05. The van der Waals surface area contributed by atoms with Gasteiger partial charge >= 0.3 is 5.97 Å². The van der Waals surface area contributed by atoms with Gasteiger partial charge in [-0.1, -0.05) is 24.3 Å². The molecule has 16 heavy (non-hydrogen) atoms. The lowest BCUT2D eigenvalue weighted by Crippen LogP contribution is -2.29. The second-order valence-corrected chi connectivity index (χ2v) is 4.61. The van der Waals surface area contributed by atoms with E-state index in [4.69, 9.17) is 4.74 Å². The van der Waals surface area contributed by atoms with E-state index in [1.54, 1.807) is 0 Å². The highest BCUT2D eigenvalue weighted by Gasteiger charge is 2.39. The van der Waals surface area contributed by atoms with E-state index < -0.39 is 0 Å². The van der Waals surface area contributed by atoms with Crippen LogP contribution in [0.5, 0.6) is 0 Å². The van der Waals surface area contributed by atoms with Crippen LogP contribution >= 0.6 is 0 Å². The van der Waals surface area contributed by atoms with Crippen LogP contribution in [0.2, 0.25) is 0 Å². The molecule has 1 aliphatic rings. The summed E-state index contributed by atoms with van der Waals surface area (Å²) in [5.74, 6) is -0.176. The molecule has 1 aromatic carbocycles. The van der Waals surface area contributed by atoms with Gasteiger partial charge in [-0.05, 0) is 43.7 Å². The molecule has 0 saturated heterocycles. The molecule has 2 heteroatoms. The Labute approximate surface area is 96.6 Å². The predicted octanol–water partition coefficient (Wildman–Crippen LogP) is 3.33. The average Bonchev–Trinajstić information content (AvgIpc) is 2.67. The Kier molecular flexibility index (Phi) is 2.99. The molecule has 2 rings (SSSR count). The number of aryl methyl sites for hydroxylation is 1. The van der Waals surface area contributed by atoms with Crippen LogP contribution in [0.3, 0.4) is 0 Å². The molecule has 0 unspecified atom stereocenters. The fourth-order valence-corrected chi connectivity index (χ4v) is 2.73. The van der Waals surface area contributed by atoms with E-state index in [2.05, 4.69) is 19.1 Å². The molecule has 1 aromatic rings. The van der Waals surface area contributed by atoms with Crippen molar-refractivity contribution in [3.63, 3.8) is 0 Å². The first-order valence-electron chi connectivity index (χ1n) is 5.90. The van der Waals surface area contributed by atoms with Gasteiger partial charge in [-0.3, -0.25) is 4.79 Å². The Balaban J connectivity index is 2.39. The molecule has 2 nitrogen and oxygen atoms in total. The second kappa shape index (κ2) is 4.28. The van der Waals surface area contributed by atoms with Gasteiger partial charge < -0.3 is 4.74 Å². The molecular formula is C14H18O2. The zero-order valence-corrected chi connectivity index (χ0v) is 9.95. The third-order valence-electron chi connectivity index (χ3n) is 3.39. The van der Waals surface area contributed by atoms with Crippen LogP contribution in [-0.2, 0) is 15.1 Å². The molecule has 0 bridgehead atoms. The Morgan fingerprint density at radius 1 is 1.25 bits per heavy atom. The molecule has 1 fully saturated rings. The third-order valence-corrected chi connectivity index (χ3v) is 3.39. The summed E-state index contributed by atoms with van der Waals surface area (Å²) in [6.07, 6.45) is 4.19. The van der Waals surface area contributed by atoms with Crippen molar-refractivity contribution in [1.29, 1.82) is 0 Å². The van der Waals surface area contributed by atoms with Crippen molar-refractivity contribution < 1.29 is 9.53 Å². The monoisotopic (exact) mass is 218 g/mol. The maximum atomic E-state index is 11.3. The van der Waals surface area contributed by atoms with Gasteiger partial charge in [-0.15, -0.1) is 0 Å². The van der Waals surface area contributed by atoms with Gasteiger partial charge in [0, 0.05) is 6.92 Å². The van der Waals surface area contributed by atoms with Crippen molar-refractivity contribution in [2.24, 2.45) is 0 Å². The van der Waals surface area contributed by atoms with E-state index in [1.807, 2.05) is 12.1 Å². The highest BCUT2D eigenvalue weighted by molar-refractivity contribution is 5.67. The van der Waals surface area contributed by atoms with Gasteiger partial charge in [0.15, 0.2) is 0 Å². The normalized spacial score (nSPS) is 18.4. The lowest BCUT2D eigenvalue weighted by Gasteiger charge is -2.30. The Morgan fingerprint density at radius 2 is 1.88 bits per heavy atom. The van der Waals surface area contributed by atoms with Crippen molar-refractivity contribution in [2.45, 2.75) is 45.1 Å². The average molecular weight is 218 g/mol. The fraction of sp³-hybridized carbons (Fsp3) is 0.500. The number of rotatable bonds is 2. The maximum Gasteiger partial charge on any atom is 0.303 e. The van der Waals surface area contributed by atoms with Gasteiger partial charge in [-0.2, -0.15) is 0 Å². The van der Waals surface area contributed by atoms with Crippen LogP contribution in [-0.4, -0.2) is 5.97 Å². The van der Waals surface area contributed by atoms with Crippen LogP contribution < -0.4 is 0 Å². The number of ether oxygens (including phenoxy) is 1. The number of carbonyl (C=O) groups excluding carboxylic acids is 1. The summed E-state index contributed by atoms with van der Waals surface area (Å²) < 4.78 is 5.63. The molecule has 0 aliphatic heterocycles. The standard InChI is InChI=1S/C14H18O2/c1-11-7-3-4-8-13(11)14(16-12(2)15)9-5-6-10-14/h3-4,7-8H,5-6,9-10H2,1-2H3. The molecular weight excluding hydrogens is 200 g/mol. The lowest BCUT2D eigenvalue weighted by atomic mass is 9.88. The largest absolute Gasteiger partial charge is 0.454 e. The first kappa shape index (κ1) is 11.2. The molecule has 0 spiro atoms. The molecule has 1 saturated carbocycles. The second-order valence-electron chi connectivity index (χ2n) is 4.61. The van der Waals surface area contributed by atoms with Crippen LogP contribution in [0.15, 0.2) is 24.3 Å². The van der Waals surface area contributed by atoms with E-state index in [-0.39, 0.29) is 11.6 Å². The summed E-state index contributed by atoms with van der Waals surface area (Å²) in [5, 5.41) is 0. The number of esters is 1. The van der Waals surface area contributed by atoms with Crippen LogP contribution in [0.4, 0.5) is 0 Å². The van der Waals surface area contributed by atoms with Gasteiger partial charge in [-0.25, -0.2) is 0 Å². The summed E-state index contributed by atoms with van der Waals surface area (Å²) in [7, 11) is 0. The molecule has 0 aromatic heterocycles. The van der Waals surface area contributed by atoms with Gasteiger partial charge in [0.2, 0.25) is 0 Å². The van der Waals surface area contributed by atoms with Crippen molar-refractivity contribution in [2.75, 3.05) is 0 Å². The SMILES string of the molecule is CC(=O)OC1(c2ccccc2C)CCCC1. The summed E-state index contributed by atoms with van der Waals surface area (Å²) in [4.78, 5) is 11.3. The van der Waals surface area contributed by atoms with Crippen molar-refractivity contribution in [3.05, 3.63) is 35.4 Å². The Morgan fingerprint density at radius 3 is 2.44 bits per heavy atom. The first-order chi connectivity index (χ1) is 7.64. The highest BCUT2D eigenvalue weighted by Crippen LogP contribution is 2.43. The zero-order chi connectivity index (χ0) is 11.6. The van der Waals surface area contributed by atoms with Crippen molar-refractivity contribution >= 4 is 5.97 Å². The maximum absolute atomic E-state index is 11.3. The molecule has 0 heterocycles. The molecule has 0 N–H and O–H groups in total. The van der Waals surface area contributed by atoms with Gasteiger partial charge in [0.25, 0.3) is 0 Å². The molecule has 0 radical (unpaired) electrons. The Bertz CT molecular complexity index is 389. The Hall–Kier alpha value is -1.31. The smallest absolute Gasteiger partial charge is 0.303 e. The quantitative estimate of drug-likeness (QED) is 0.712. The minimum atomic E-state index is -0.350. The molecule has 0 atom stereocenters. The number of benzene rings is 1. The van der Waals surface area contributed by atoms with Gasteiger partial charge in [0.05, 0.1) is 0 Å². The van der Waals surface area contributed by atoms with Crippen LogP contribution in [0, 0.1) is 6.92 Å². The summed E-state index contributed by atoms with van der Waals surface area (Å²) in [6, 6.07) is 8.21. The third kappa shape index (κ3) is 1.97. The van der Waals surface area contributed by atoms with E-state index in [1.165, 1.54) is 18.1 Å². The van der Waals surface area contributed by atoms with Crippen LogP contribution in [0.1, 0.15) is 43.7 Å². The van der Waals surface area contributed by atoms with Crippen molar-refractivity contribution in [1.82, 2.24) is 0 Å². The minimum Gasteiger partial charge on any atom is -0.454 e. The lowest BCUT2D eigenvalue weighted by molar-refractivity contribution is -0.157. The summed E-state index contributed by atoms with van der Waals surface area (Å²) in [6.45, 7) is 3.58. The van der Waals surface area contributed by atoms with E-state index in [0.29, 0.717) is 0 Å². The first-order valence-corrected chi connectivity index (χ1v) is 5.90. The number of carbonyl (C=O) groups is 1. The number of hydrogen-bond donors (Lipinski definition) is 0. The molecule has 86 valence electrons. The predicted molar refractivity (Wildman–Crippen MR) is 63.1 cm³/mol. The van der Waals surface area contributed by atoms with E-state index in [9.17, 15) is 4.79 Å². The highest BCUT2D eigenvalue weighted by atomic mass is 16.6. The van der Waals surface area contributed by atoms with Gasteiger partial charge in [0.1, 0.15) is 5.60 Å². The molecule has 0 amide bonds. The van der Waals surface area contributed by atoms with E-state index >= 15 is 0 Å². The fourth-order valence-electron chi connectivity index (χ4n) is 2.73. The summed E-state index contributed by atoms with van der Waals surface area (Å²) >= 11 is 0. The molecule has 1 aliphatic carbocycles. The zero-order valence-electron chi connectivity index (χ0n) is 9.95.